The molecule has 0 saturated carbocycles. The molecule has 104 valence electrons. The molecule has 1 saturated heterocycles. The summed E-state index contributed by atoms with van der Waals surface area (Å²) in [6.07, 6.45) is 4.46. The van der Waals surface area contributed by atoms with E-state index in [9.17, 15) is 8.42 Å². The van der Waals surface area contributed by atoms with Crippen molar-refractivity contribution in [2.75, 3.05) is 13.1 Å². The minimum Gasteiger partial charge on any atom is -0.329 e. The van der Waals surface area contributed by atoms with Crippen LogP contribution in [-0.4, -0.2) is 31.9 Å². The third-order valence-electron chi connectivity index (χ3n) is 3.40. The summed E-state index contributed by atoms with van der Waals surface area (Å²) in [6.45, 7) is 0.960. The summed E-state index contributed by atoms with van der Waals surface area (Å²) in [5, 5.41) is 1.29. The van der Waals surface area contributed by atoms with Crippen LogP contribution in [0.25, 0.3) is 6.08 Å². The molecular weight excluding hydrogens is 260 g/mol. The number of rotatable bonds is 4. The molecule has 0 aromatic heterocycles. The zero-order valence-electron chi connectivity index (χ0n) is 10.9. The van der Waals surface area contributed by atoms with Gasteiger partial charge in [-0.25, -0.2) is 8.42 Å². The fourth-order valence-corrected chi connectivity index (χ4v) is 3.83. The fraction of sp³-hybridized carbons (Fsp3) is 0.429. The second-order valence-electron chi connectivity index (χ2n) is 4.75. The van der Waals surface area contributed by atoms with Gasteiger partial charge in [0.1, 0.15) is 0 Å². The Kier molecular flexibility index (Phi) is 4.74. The quantitative estimate of drug-likeness (QED) is 0.914. The Hall–Kier alpha value is -1.17. The first-order valence-corrected chi connectivity index (χ1v) is 8.09. The second kappa shape index (κ2) is 6.32. The maximum absolute atomic E-state index is 12.3. The zero-order chi connectivity index (χ0) is 13.7. The minimum absolute atomic E-state index is 0.0563. The van der Waals surface area contributed by atoms with Crippen molar-refractivity contribution in [3.63, 3.8) is 0 Å². The molecule has 0 aliphatic carbocycles. The Balaban J connectivity index is 2.15. The van der Waals surface area contributed by atoms with Gasteiger partial charge in [0, 0.05) is 24.5 Å². The van der Waals surface area contributed by atoms with Gasteiger partial charge in [0.15, 0.2) is 0 Å². The summed E-state index contributed by atoms with van der Waals surface area (Å²) in [5.41, 5.74) is 6.55. The van der Waals surface area contributed by atoms with E-state index < -0.39 is 10.0 Å². The molecule has 1 unspecified atom stereocenters. The lowest BCUT2D eigenvalue weighted by molar-refractivity contribution is 0.260. The van der Waals surface area contributed by atoms with Crippen LogP contribution in [0.5, 0.6) is 0 Å². The molecule has 5 heteroatoms. The third kappa shape index (κ3) is 3.65. The first-order valence-electron chi connectivity index (χ1n) is 6.58. The van der Waals surface area contributed by atoms with Crippen molar-refractivity contribution in [2.45, 2.75) is 25.3 Å². The number of nitrogens with zero attached hydrogens (tertiary/aromatic N) is 1. The van der Waals surface area contributed by atoms with Crippen LogP contribution in [0.1, 0.15) is 24.8 Å². The van der Waals surface area contributed by atoms with E-state index in [4.69, 9.17) is 5.73 Å². The van der Waals surface area contributed by atoms with E-state index in [0.29, 0.717) is 13.1 Å². The summed E-state index contributed by atoms with van der Waals surface area (Å²) < 4.78 is 26.2. The Morgan fingerprint density at radius 3 is 2.68 bits per heavy atom. The number of benzene rings is 1. The average molecular weight is 280 g/mol. The number of sulfonamides is 1. The molecule has 2 N–H and O–H groups in total. The van der Waals surface area contributed by atoms with Crippen LogP contribution in [0, 0.1) is 0 Å². The van der Waals surface area contributed by atoms with E-state index in [2.05, 4.69) is 0 Å². The molecule has 1 aromatic rings. The van der Waals surface area contributed by atoms with E-state index in [-0.39, 0.29) is 6.04 Å². The summed E-state index contributed by atoms with van der Waals surface area (Å²) in [4.78, 5) is 0. The molecule has 1 aromatic carbocycles. The van der Waals surface area contributed by atoms with E-state index in [1.165, 1.54) is 9.71 Å². The molecule has 0 amide bonds. The minimum atomic E-state index is -3.37. The molecule has 1 aliphatic heterocycles. The highest BCUT2D eigenvalue weighted by Crippen LogP contribution is 2.21. The van der Waals surface area contributed by atoms with Crippen LogP contribution < -0.4 is 5.73 Å². The number of hydrogen-bond donors (Lipinski definition) is 1. The molecule has 0 radical (unpaired) electrons. The largest absolute Gasteiger partial charge is 0.329 e. The molecule has 19 heavy (non-hydrogen) atoms. The smallest absolute Gasteiger partial charge is 0.236 e. The molecule has 0 bridgehead atoms. The summed E-state index contributed by atoms with van der Waals surface area (Å²) in [6, 6.07) is 9.37. The van der Waals surface area contributed by atoms with Crippen LogP contribution in [0.4, 0.5) is 0 Å². The average Bonchev–Trinajstić information content (AvgIpc) is 2.46. The third-order valence-corrected chi connectivity index (χ3v) is 5.02. The number of hydrogen-bond acceptors (Lipinski definition) is 3. The summed E-state index contributed by atoms with van der Waals surface area (Å²) >= 11 is 0. The van der Waals surface area contributed by atoms with Crippen molar-refractivity contribution >= 4 is 16.1 Å². The van der Waals surface area contributed by atoms with Crippen LogP contribution in [0.3, 0.4) is 0 Å². The van der Waals surface area contributed by atoms with Gasteiger partial charge in [0.25, 0.3) is 0 Å². The van der Waals surface area contributed by atoms with Crippen molar-refractivity contribution in [1.82, 2.24) is 4.31 Å². The zero-order valence-corrected chi connectivity index (χ0v) is 11.7. The van der Waals surface area contributed by atoms with Crippen molar-refractivity contribution in [3.05, 3.63) is 41.3 Å². The molecule has 1 heterocycles. The Morgan fingerprint density at radius 1 is 1.26 bits per heavy atom. The normalized spacial score (nSPS) is 21.8. The van der Waals surface area contributed by atoms with Crippen LogP contribution >= 0.6 is 0 Å². The van der Waals surface area contributed by atoms with Gasteiger partial charge in [-0.2, -0.15) is 4.31 Å². The Morgan fingerprint density at radius 2 is 2.00 bits per heavy atom. The maximum Gasteiger partial charge on any atom is 0.236 e. The summed E-state index contributed by atoms with van der Waals surface area (Å²) in [5.74, 6) is 0. The second-order valence-corrected chi connectivity index (χ2v) is 6.53. The van der Waals surface area contributed by atoms with E-state index in [1.54, 1.807) is 6.08 Å². The van der Waals surface area contributed by atoms with Crippen LogP contribution in [0.15, 0.2) is 35.7 Å². The summed E-state index contributed by atoms with van der Waals surface area (Å²) in [7, 11) is -3.37. The highest BCUT2D eigenvalue weighted by Gasteiger charge is 2.29. The van der Waals surface area contributed by atoms with Gasteiger partial charge in [0.2, 0.25) is 10.0 Å². The Labute approximate surface area is 115 Å². The predicted molar refractivity (Wildman–Crippen MR) is 77.8 cm³/mol. The fourth-order valence-electron chi connectivity index (χ4n) is 2.35. The van der Waals surface area contributed by atoms with E-state index in [1.807, 2.05) is 30.3 Å². The highest BCUT2D eigenvalue weighted by molar-refractivity contribution is 7.92. The lowest BCUT2D eigenvalue weighted by Gasteiger charge is -2.32. The molecule has 1 atom stereocenters. The topological polar surface area (TPSA) is 63.4 Å². The van der Waals surface area contributed by atoms with Gasteiger partial charge in [-0.1, -0.05) is 36.8 Å². The van der Waals surface area contributed by atoms with Gasteiger partial charge >= 0.3 is 0 Å². The van der Waals surface area contributed by atoms with Crippen LogP contribution in [0.2, 0.25) is 0 Å². The van der Waals surface area contributed by atoms with Crippen molar-refractivity contribution < 1.29 is 8.42 Å². The van der Waals surface area contributed by atoms with Gasteiger partial charge in [-0.15, -0.1) is 0 Å². The van der Waals surface area contributed by atoms with Gasteiger partial charge in [-0.3, -0.25) is 0 Å². The van der Waals surface area contributed by atoms with Gasteiger partial charge < -0.3 is 5.73 Å². The highest BCUT2D eigenvalue weighted by atomic mass is 32.2. The first kappa shape index (κ1) is 14.2. The van der Waals surface area contributed by atoms with Crippen molar-refractivity contribution in [2.24, 2.45) is 5.73 Å². The molecule has 1 aliphatic rings. The SMILES string of the molecule is NCC1CCCCN1S(=O)(=O)C=Cc1ccccc1. The number of nitrogens with two attached hydrogens (primary N) is 1. The molecule has 0 spiro atoms. The molecule has 2 rings (SSSR count). The van der Waals surface area contributed by atoms with E-state index >= 15 is 0 Å². The molecule has 1 fully saturated rings. The monoisotopic (exact) mass is 280 g/mol. The molecule has 4 nitrogen and oxygen atoms in total. The Bertz CT molecular complexity index is 526. The lowest BCUT2D eigenvalue weighted by Crippen LogP contribution is -2.46. The van der Waals surface area contributed by atoms with Gasteiger partial charge in [-0.05, 0) is 24.5 Å². The first-order chi connectivity index (χ1) is 9.13. The number of piperidine rings is 1. The lowest BCUT2D eigenvalue weighted by atomic mass is 10.1. The van der Waals surface area contributed by atoms with Gasteiger partial charge in [0.05, 0.1) is 0 Å². The standard InChI is InChI=1S/C14H20N2O2S/c15-12-14-8-4-5-10-16(14)19(17,18)11-9-13-6-2-1-3-7-13/h1-3,6-7,9,11,14H,4-5,8,10,12,15H2. The maximum atomic E-state index is 12.3. The van der Waals surface area contributed by atoms with Crippen molar-refractivity contribution in [3.8, 4) is 0 Å². The molecular formula is C14H20N2O2S. The van der Waals surface area contributed by atoms with Crippen LogP contribution in [-0.2, 0) is 10.0 Å². The van der Waals surface area contributed by atoms with E-state index in [0.717, 1.165) is 24.8 Å². The van der Waals surface area contributed by atoms with Crippen molar-refractivity contribution in [1.29, 1.82) is 0 Å². The predicted octanol–water partition coefficient (Wildman–Crippen LogP) is 1.80.